The maximum absolute atomic E-state index is 14.4. The molecular formula is C18H20ClFN2O4. The lowest BCUT2D eigenvalue weighted by Crippen LogP contribution is -2.46. The topological polar surface area (TPSA) is 67.9 Å². The molecule has 1 N–H and O–H groups in total. The summed E-state index contributed by atoms with van der Waals surface area (Å²) in [4.78, 5) is 26.2. The normalized spacial score (nSPS) is 23.2. The number of carbonyl (C=O) groups excluding carboxylic acids is 2. The van der Waals surface area contributed by atoms with Crippen LogP contribution in [-0.2, 0) is 14.3 Å². The lowest BCUT2D eigenvalue weighted by molar-refractivity contribution is -0.142. The summed E-state index contributed by atoms with van der Waals surface area (Å²) in [7, 11) is 1.53. The average Bonchev–Trinajstić information content (AvgIpc) is 3.11. The summed E-state index contributed by atoms with van der Waals surface area (Å²) < 4.78 is 25.2. The molecule has 0 radical (unpaired) electrons. The molecular weight excluding hydrogens is 363 g/mol. The van der Waals surface area contributed by atoms with E-state index in [1.165, 1.54) is 30.1 Å². The predicted molar refractivity (Wildman–Crippen MR) is 93.1 cm³/mol. The molecule has 0 bridgehead atoms. The highest BCUT2D eigenvalue weighted by atomic mass is 35.5. The number of allylic oxidation sites excluding steroid dienone is 1. The Balaban J connectivity index is 1.93. The molecule has 0 saturated carbocycles. The Kier molecular flexibility index (Phi) is 5.48. The molecule has 0 spiro atoms. The van der Waals surface area contributed by atoms with Crippen LogP contribution >= 0.6 is 11.6 Å². The van der Waals surface area contributed by atoms with Gasteiger partial charge in [0.2, 0.25) is 0 Å². The molecule has 1 fully saturated rings. The molecule has 0 aliphatic carbocycles. The van der Waals surface area contributed by atoms with Gasteiger partial charge in [-0.1, -0.05) is 17.7 Å². The Morgan fingerprint density at radius 1 is 1.50 bits per heavy atom. The van der Waals surface area contributed by atoms with Crippen molar-refractivity contribution in [3.63, 3.8) is 0 Å². The summed E-state index contributed by atoms with van der Waals surface area (Å²) in [5, 5.41) is 2.75. The van der Waals surface area contributed by atoms with Crippen molar-refractivity contribution >= 4 is 23.6 Å². The zero-order chi connectivity index (χ0) is 18.8. The van der Waals surface area contributed by atoms with E-state index >= 15 is 0 Å². The van der Waals surface area contributed by atoms with Crippen LogP contribution in [0.5, 0.6) is 0 Å². The van der Waals surface area contributed by atoms with Crippen LogP contribution < -0.4 is 5.32 Å². The van der Waals surface area contributed by atoms with Gasteiger partial charge < -0.3 is 19.7 Å². The lowest BCUT2D eigenvalue weighted by Gasteiger charge is -2.33. The third kappa shape index (κ3) is 3.54. The summed E-state index contributed by atoms with van der Waals surface area (Å²) in [5.41, 5.74) is 0.576. The van der Waals surface area contributed by atoms with Crippen LogP contribution in [0.1, 0.15) is 31.4 Å². The van der Waals surface area contributed by atoms with Gasteiger partial charge in [-0.05, 0) is 31.9 Å². The number of benzene rings is 1. The highest BCUT2D eigenvalue weighted by Gasteiger charge is 2.37. The highest BCUT2D eigenvalue weighted by molar-refractivity contribution is 6.31. The number of carbonyl (C=O) groups is 2. The molecule has 1 aromatic carbocycles. The van der Waals surface area contributed by atoms with E-state index < -0.39 is 23.9 Å². The van der Waals surface area contributed by atoms with E-state index in [0.29, 0.717) is 12.3 Å². The predicted octanol–water partition coefficient (Wildman–Crippen LogP) is 3.17. The summed E-state index contributed by atoms with van der Waals surface area (Å²) >= 11 is 6.15. The van der Waals surface area contributed by atoms with E-state index in [0.717, 1.165) is 12.8 Å². The molecule has 26 heavy (non-hydrogen) atoms. The monoisotopic (exact) mass is 382 g/mol. The number of hydrogen-bond donors (Lipinski definition) is 1. The molecule has 0 aromatic heterocycles. The second-order valence-corrected chi connectivity index (χ2v) is 6.72. The Bertz CT molecular complexity index is 741. The molecule has 3 rings (SSSR count). The van der Waals surface area contributed by atoms with Crippen molar-refractivity contribution in [1.82, 2.24) is 10.2 Å². The van der Waals surface area contributed by atoms with Crippen molar-refractivity contribution in [3.8, 4) is 0 Å². The maximum Gasteiger partial charge on any atom is 0.338 e. The number of amides is 2. The summed E-state index contributed by atoms with van der Waals surface area (Å²) in [6, 6.07) is 2.72. The van der Waals surface area contributed by atoms with E-state index in [9.17, 15) is 14.0 Å². The van der Waals surface area contributed by atoms with Gasteiger partial charge in [0, 0.05) is 29.9 Å². The minimum Gasteiger partial charge on any atom is -0.459 e. The van der Waals surface area contributed by atoms with Gasteiger partial charge in [-0.3, -0.25) is 0 Å². The molecule has 2 heterocycles. The third-order valence-corrected chi connectivity index (χ3v) is 5.02. The highest BCUT2D eigenvalue weighted by Crippen LogP contribution is 2.35. The van der Waals surface area contributed by atoms with Gasteiger partial charge in [0.15, 0.2) is 0 Å². The smallest absolute Gasteiger partial charge is 0.338 e. The number of halogens is 2. The van der Waals surface area contributed by atoms with Crippen molar-refractivity contribution in [2.45, 2.75) is 31.9 Å². The van der Waals surface area contributed by atoms with Crippen molar-refractivity contribution < 1.29 is 23.5 Å². The SMILES string of the molecule is CC1=C(C(=O)OCC2CCCO2)C(c2c(F)cccc2Cl)NC(=O)N1C. The molecule has 8 heteroatoms. The van der Waals surface area contributed by atoms with Crippen LogP contribution in [0.25, 0.3) is 0 Å². The van der Waals surface area contributed by atoms with Gasteiger partial charge in [-0.15, -0.1) is 0 Å². The van der Waals surface area contributed by atoms with Gasteiger partial charge in [-0.2, -0.15) is 0 Å². The largest absolute Gasteiger partial charge is 0.459 e. The molecule has 2 unspecified atom stereocenters. The Hall–Kier alpha value is -2.12. The van der Waals surface area contributed by atoms with Crippen LogP contribution in [-0.4, -0.2) is 43.3 Å². The summed E-state index contributed by atoms with van der Waals surface area (Å²) in [6.07, 6.45) is 1.62. The van der Waals surface area contributed by atoms with E-state index in [2.05, 4.69) is 5.32 Å². The fourth-order valence-electron chi connectivity index (χ4n) is 3.13. The first kappa shape index (κ1) is 18.7. The van der Waals surface area contributed by atoms with Crippen LogP contribution in [0, 0.1) is 5.82 Å². The Morgan fingerprint density at radius 3 is 2.92 bits per heavy atom. The van der Waals surface area contributed by atoms with Gasteiger partial charge in [-0.25, -0.2) is 14.0 Å². The zero-order valence-electron chi connectivity index (χ0n) is 14.6. The molecule has 6 nitrogen and oxygen atoms in total. The number of rotatable bonds is 4. The van der Waals surface area contributed by atoms with Crippen LogP contribution in [0.15, 0.2) is 29.5 Å². The molecule has 2 aliphatic rings. The first-order valence-electron chi connectivity index (χ1n) is 8.37. The van der Waals surface area contributed by atoms with E-state index in [-0.39, 0.29) is 28.9 Å². The number of nitrogens with zero attached hydrogens (tertiary/aromatic N) is 1. The standard InChI is InChI=1S/C18H20ClFN2O4/c1-10-14(17(23)26-9-11-5-4-8-25-11)16(21-18(24)22(10)2)15-12(19)6-3-7-13(15)20/h3,6-7,11,16H,4-5,8-9H2,1-2H3,(H,21,24). The fraction of sp³-hybridized carbons (Fsp3) is 0.444. The molecule has 1 aromatic rings. The van der Waals surface area contributed by atoms with Crippen LogP contribution in [0.4, 0.5) is 9.18 Å². The van der Waals surface area contributed by atoms with Gasteiger partial charge in [0.1, 0.15) is 12.4 Å². The first-order valence-corrected chi connectivity index (χ1v) is 8.75. The van der Waals surface area contributed by atoms with E-state index in [1.54, 1.807) is 6.92 Å². The first-order chi connectivity index (χ1) is 12.4. The van der Waals surface area contributed by atoms with E-state index in [1.807, 2.05) is 0 Å². The number of nitrogens with one attached hydrogen (secondary N) is 1. The molecule has 2 atom stereocenters. The fourth-order valence-corrected chi connectivity index (χ4v) is 3.40. The van der Waals surface area contributed by atoms with Gasteiger partial charge in [0.05, 0.1) is 17.7 Å². The van der Waals surface area contributed by atoms with Crippen molar-refractivity contribution in [3.05, 3.63) is 45.9 Å². The Labute approximate surface area is 155 Å². The number of urea groups is 1. The van der Waals surface area contributed by atoms with Crippen molar-refractivity contribution in [2.75, 3.05) is 20.3 Å². The lowest BCUT2D eigenvalue weighted by atomic mass is 9.94. The minimum absolute atomic E-state index is 0.0408. The molecule has 1 saturated heterocycles. The van der Waals surface area contributed by atoms with Gasteiger partial charge >= 0.3 is 12.0 Å². The quantitative estimate of drug-likeness (QED) is 0.812. The van der Waals surface area contributed by atoms with Crippen LogP contribution in [0.2, 0.25) is 5.02 Å². The number of hydrogen-bond acceptors (Lipinski definition) is 4. The number of esters is 1. The summed E-state index contributed by atoms with van der Waals surface area (Å²) in [6.45, 7) is 2.38. The van der Waals surface area contributed by atoms with E-state index in [4.69, 9.17) is 21.1 Å². The summed E-state index contributed by atoms with van der Waals surface area (Å²) in [5.74, 6) is -1.24. The van der Waals surface area contributed by atoms with Crippen molar-refractivity contribution in [1.29, 1.82) is 0 Å². The Morgan fingerprint density at radius 2 is 2.27 bits per heavy atom. The number of ether oxygens (including phenoxy) is 2. The molecule has 140 valence electrons. The molecule has 2 aliphatic heterocycles. The van der Waals surface area contributed by atoms with Crippen molar-refractivity contribution in [2.24, 2.45) is 0 Å². The van der Waals surface area contributed by atoms with Gasteiger partial charge in [0.25, 0.3) is 0 Å². The van der Waals surface area contributed by atoms with Crippen LogP contribution in [0.3, 0.4) is 0 Å². The third-order valence-electron chi connectivity index (χ3n) is 4.69. The minimum atomic E-state index is -1.02. The molecule has 2 amide bonds. The average molecular weight is 383 g/mol. The zero-order valence-corrected chi connectivity index (χ0v) is 15.3. The maximum atomic E-state index is 14.4. The second-order valence-electron chi connectivity index (χ2n) is 6.31. The second kappa shape index (κ2) is 7.63.